The zero-order chi connectivity index (χ0) is 15.7. The van der Waals surface area contributed by atoms with E-state index < -0.39 is 12.1 Å². The third-order valence-corrected chi connectivity index (χ3v) is 4.08. The summed E-state index contributed by atoms with van der Waals surface area (Å²) < 4.78 is 10.9. The van der Waals surface area contributed by atoms with E-state index >= 15 is 0 Å². The average Bonchev–Trinajstić information content (AvgIpc) is 3.15. The Balaban J connectivity index is 1.75. The van der Waals surface area contributed by atoms with Gasteiger partial charge in [-0.25, -0.2) is 4.79 Å². The van der Waals surface area contributed by atoms with Gasteiger partial charge in [-0.2, -0.15) is 0 Å². The molecule has 1 aromatic heterocycles. The highest BCUT2D eigenvalue weighted by atomic mass is 16.6. The molecule has 1 aliphatic heterocycles. The first-order valence-electron chi connectivity index (χ1n) is 7.56. The molecule has 0 unspecified atom stereocenters. The van der Waals surface area contributed by atoms with Crippen molar-refractivity contribution in [3.8, 4) is 0 Å². The first kappa shape index (κ1) is 14.6. The minimum Gasteiger partial charge on any atom is -0.449 e. The minimum absolute atomic E-state index is 0.139. The van der Waals surface area contributed by atoms with Crippen molar-refractivity contribution in [1.29, 1.82) is 0 Å². The Morgan fingerprint density at radius 1 is 1.23 bits per heavy atom. The first-order valence-corrected chi connectivity index (χ1v) is 7.56. The summed E-state index contributed by atoms with van der Waals surface area (Å²) in [5.74, 6) is -0.560. The maximum Gasteiger partial charge on any atom is 0.375 e. The second kappa shape index (κ2) is 5.83. The third-order valence-electron chi connectivity index (χ3n) is 4.08. The highest BCUT2D eigenvalue weighted by Crippen LogP contribution is 2.25. The van der Waals surface area contributed by atoms with E-state index in [1.54, 1.807) is 17.9 Å². The van der Waals surface area contributed by atoms with E-state index in [1.807, 2.05) is 25.1 Å². The van der Waals surface area contributed by atoms with Crippen LogP contribution in [0.3, 0.4) is 0 Å². The Morgan fingerprint density at radius 2 is 1.91 bits per heavy atom. The monoisotopic (exact) mass is 301 g/mol. The van der Waals surface area contributed by atoms with Crippen LogP contribution in [0.25, 0.3) is 11.0 Å². The van der Waals surface area contributed by atoms with Gasteiger partial charge >= 0.3 is 5.97 Å². The van der Waals surface area contributed by atoms with Gasteiger partial charge in [-0.3, -0.25) is 4.79 Å². The maximum absolute atomic E-state index is 12.3. The summed E-state index contributed by atoms with van der Waals surface area (Å²) in [6, 6.07) is 7.43. The van der Waals surface area contributed by atoms with Gasteiger partial charge < -0.3 is 14.1 Å². The van der Waals surface area contributed by atoms with Crippen molar-refractivity contribution in [3.63, 3.8) is 0 Å². The van der Waals surface area contributed by atoms with Gasteiger partial charge in [0.05, 0.1) is 0 Å². The van der Waals surface area contributed by atoms with E-state index in [4.69, 9.17) is 9.15 Å². The number of hydrogen-bond acceptors (Lipinski definition) is 4. The van der Waals surface area contributed by atoms with Gasteiger partial charge in [-0.05, 0) is 32.8 Å². The molecule has 5 heteroatoms. The third kappa shape index (κ3) is 2.58. The summed E-state index contributed by atoms with van der Waals surface area (Å²) in [6.07, 6.45) is 1.22. The van der Waals surface area contributed by atoms with Crippen molar-refractivity contribution < 1.29 is 18.7 Å². The topological polar surface area (TPSA) is 59.8 Å². The van der Waals surface area contributed by atoms with Gasteiger partial charge in [0.2, 0.25) is 5.76 Å². The van der Waals surface area contributed by atoms with Crippen LogP contribution in [0.2, 0.25) is 0 Å². The first-order chi connectivity index (χ1) is 10.6. The number of amides is 1. The van der Waals surface area contributed by atoms with Crippen molar-refractivity contribution in [2.24, 2.45) is 0 Å². The Hall–Kier alpha value is -2.30. The number of ether oxygens (including phenoxy) is 1. The van der Waals surface area contributed by atoms with Crippen molar-refractivity contribution in [1.82, 2.24) is 4.90 Å². The number of benzene rings is 1. The molecule has 3 rings (SSSR count). The van der Waals surface area contributed by atoms with Gasteiger partial charge in [0, 0.05) is 24.0 Å². The van der Waals surface area contributed by atoms with E-state index in [9.17, 15) is 9.59 Å². The molecule has 22 heavy (non-hydrogen) atoms. The SMILES string of the molecule is Cc1c(C(=O)O[C@@H](C)C(=O)N2CCCC2)oc2ccccc12. The van der Waals surface area contributed by atoms with Gasteiger partial charge in [-0.15, -0.1) is 0 Å². The number of carbonyl (C=O) groups is 2. The van der Waals surface area contributed by atoms with Crippen LogP contribution >= 0.6 is 0 Å². The molecule has 5 nitrogen and oxygen atoms in total. The van der Waals surface area contributed by atoms with Crippen LogP contribution in [0.1, 0.15) is 35.9 Å². The Labute approximate surface area is 128 Å². The predicted octanol–water partition coefficient (Wildman–Crippen LogP) is 2.91. The molecule has 0 aliphatic carbocycles. The lowest BCUT2D eigenvalue weighted by molar-refractivity contribution is -0.138. The van der Waals surface area contributed by atoms with Crippen molar-refractivity contribution in [3.05, 3.63) is 35.6 Å². The zero-order valence-corrected chi connectivity index (χ0v) is 12.8. The molecule has 116 valence electrons. The maximum atomic E-state index is 12.3. The number of rotatable bonds is 3. The van der Waals surface area contributed by atoms with E-state index in [0.717, 1.165) is 36.9 Å². The highest BCUT2D eigenvalue weighted by molar-refractivity contribution is 5.97. The molecule has 0 spiro atoms. The quantitative estimate of drug-likeness (QED) is 0.818. The predicted molar refractivity (Wildman–Crippen MR) is 81.6 cm³/mol. The Kier molecular flexibility index (Phi) is 3.88. The molecule has 0 radical (unpaired) electrons. The van der Waals surface area contributed by atoms with Crippen LogP contribution in [-0.2, 0) is 9.53 Å². The molecular formula is C17H19NO4. The number of fused-ring (bicyclic) bond motifs is 1. The molecular weight excluding hydrogens is 282 g/mol. The number of nitrogens with zero attached hydrogens (tertiary/aromatic N) is 1. The number of hydrogen-bond donors (Lipinski definition) is 0. The Morgan fingerprint density at radius 3 is 2.59 bits per heavy atom. The summed E-state index contributed by atoms with van der Waals surface area (Å²) >= 11 is 0. The molecule has 1 aliphatic rings. The number of para-hydroxylation sites is 1. The molecule has 1 amide bonds. The standard InChI is InChI=1S/C17H19NO4/c1-11-13-7-3-4-8-14(13)22-15(11)17(20)21-12(2)16(19)18-9-5-6-10-18/h3-4,7-8,12H,5-6,9-10H2,1-2H3/t12-/m0/s1. The molecule has 0 saturated carbocycles. The van der Waals surface area contributed by atoms with Gasteiger partial charge in [-0.1, -0.05) is 18.2 Å². The Bertz CT molecular complexity index is 713. The normalized spacial score (nSPS) is 16.0. The summed E-state index contributed by atoms with van der Waals surface area (Å²) in [6.45, 7) is 4.90. The minimum atomic E-state index is -0.793. The molecule has 1 fully saturated rings. The van der Waals surface area contributed by atoms with Gasteiger partial charge in [0.15, 0.2) is 6.10 Å². The fraction of sp³-hybridized carbons (Fsp3) is 0.412. The van der Waals surface area contributed by atoms with Gasteiger partial charge in [0.25, 0.3) is 5.91 Å². The average molecular weight is 301 g/mol. The lowest BCUT2D eigenvalue weighted by Crippen LogP contribution is -2.38. The number of likely N-dealkylation sites (tertiary alicyclic amines) is 1. The summed E-state index contributed by atoms with van der Waals surface area (Å²) in [5.41, 5.74) is 1.38. The van der Waals surface area contributed by atoms with Crippen LogP contribution in [0, 0.1) is 6.92 Å². The highest BCUT2D eigenvalue weighted by Gasteiger charge is 2.28. The smallest absolute Gasteiger partial charge is 0.375 e. The molecule has 0 bridgehead atoms. The summed E-state index contributed by atoms with van der Waals surface area (Å²) in [7, 11) is 0. The van der Waals surface area contributed by atoms with Crippen LogP contribution in [0.4, 0.5) is 0 Å². The fourth-order valence-electron chi connectivity index (χ4n) is 2.83. The molecule has 1 aromatic carbocycles. The van der Waals surface area contributed by atoms with Crippen molar-refractivity contribution in [2.45, 2.75) is 32.8 Å². The van der Waals surface area contributed by atoms with Crippen molar-refractivity contribution in [2.75, 3.05) is 13.1 Å². The molecule has 1 saturated heterocycles. The van der Waals surface area contributed by atoms with E-state index in [-0.39, 0.29) is 11.7 Å². The van der Waals surface area contributed by atoms with E-state index in [2.05, 4.69) is 0 Å². The fourth-order valence-corrected chi connectivity index (χ4v) is 2.83. The second-order valence-electron chi connectivity index (χ2n) is 5.63. The molecule has 0 N–H and O–H groups in total. The van der Waals surface area contributed by atoms with E-state index in [0.29, 0.717) is 5.58 Å². The number of esters is 1. The second-order valence-corrected chi connectivity index (χ2v) is 5.63. The summed E-state index contributed by atoms with van der Waals surface area (Å²) in [5, 5.41) is 0.882. The molecule has 1 atom stereocenters. The van der Waals surface area contributed by atoms with Crippen LogP contribution in [-0.4, -0.2) is 36.0 Å². The van der Waals surface area contributed by atoms with E-state index in [1.165, 1.54) is 0 Å². The number of aryl methyl sites for hydroxylation is 1. The van der Waals surface area contributed by atoms with Crippen LogP contribution < -0.4 is 0 Å². The molecule has 2 heterocycles. The number of furan rings is 1. The largest absolute Gasteiger partial charge is 0.449 e. The lowest BCUT2D eigenvalue weighted by atomic mass is 10.1. The van der Waals surface area contributed by atoms with Crippen molar-refractivity contribution >= 4 is 22.8 Å². The summed E-state index contributed by atoms with van der Waals surface area (Å²) in [4.78, 5) is 26.2. The molecule has 2 aromatic rings. The lowest BCUT2D eigenvalue weighted by Gasteiger charge is -2.20. The van der Waals surface area contributed by atoms with Crippen LogP contribution in [0.5, 0.6) is 0 Å². The van der Waals surface area contributed by atoms with Gasteiger partial charge in [0.1, 0.15) is 5.58 Å². The zero-order valence-electron chi connectivity index (χ0n) is 12.8. The van der Waals surface area contributed by atoms with Crippen LogP contribution in [0.15, 0.2) is 28.7 Å². The number of carbonyl (C=O) groups excluding carboxylic acids is 2.